The molecule has 8 heteroatoms. The molecular formula is C31H53NO6Si. The normalized spacial score (nSPS) is 12.1. The van der Waals surface area contributed by atoms with Gasteiger partial charge in [-0.25, -0.2) is 4.79 Å². The summed E-state index contributed by atoms with van der Waals surface area (Å²) in [5.41, 5.74) is 1.95. The molecule has 1 amide bonds. The maximum atomic E-state index is 12.2. The Hall–Kier alpha value is -2.00. The van der Waals surface area contributed by atoms with Crippen LogP contribution in [0.2, 0.25) is 6.04 Å². The molecule has 0 aliphatic heterocycles. The van der Waals surface area contributed by atoms with Crippen molar-refractivity contribution in [2.75, 3.05) is 25.1 Å². The maximum Gasteiger partial charge on any atom is 0.500 e. The van der Waals surface area contributed by atoms with Crippen LogP contribution in [0, 0.1) is 0 Å². The van der Waals surface area contributed by atoms with E-state index in [2.05, 4.69) is 12.2 Å². The Bertz CT molecular complexity index is 810. The molecule has 0 spiro atoms. The highest BCUT2D eigenvalue weighted by atomic mass is 28.4. The van der Waals surface area contributed by atoms with Gasteiger partial charge < -0.3 is 23.7 Å². The number of nitrogens with one attached hydrogen (secondary N) is 1. The molecule has 7 nitrogen and oxygen atoms in total. The first kappa shape index (κ1) is 35.0. The highest BCUT2D eigenvalue weighted by molar-refractivity contribution is 6.60. The summed E-state index contributed by atoms with van der Waals surface area (Å²) >= 11 is 0. The second kappa shape index (κ2) is 21.8. The molecule has 2 N–H and O–H groups in total. The smallest absolute Gasteiger partial charge is 0.478 e. The summed E-state index contributed by atoms with van der Waals surface area (Å²) < 4.78 is 17.7. The van der Waals surface area contributed by atoms with Crippen molar-refractivity contribution in [1.29, 1.82) is 0 Å². The summed E-state index contributed by atoms with van der Waals surface area (Å²) in [4.78, 5) is 24.0. The summed E-state index contributed by atoms with van der Waals surface area (Å²) in [6.07, 6.45) is 14.7. The summed E-state index contributed by atoms with van der Waals surface area (Å²) in [5, 5.41) is 12.6. The molecule has 0 fully saturated rings. The molecule has 0 saturated carbocycles. The highest BCUT2D eigenvalue weighted by Gasteiger charge is 2.39. The Kier molecular flexibility index (Phi) is 19.6. The number of rotatable bonds is 24. The van der Waals surface area contributed by atoms with E-state index in [1.165, 1.54) is 32.1 Å². The third-order valence-corrected chi connectivity index (χ3v) is 9.74. The Morgan fingerprint density at radius 2 is 1.26 bits per heavy atom. The fraction of sp³-hybridized carbons (Fsp3) is 0.677. The Morgan fingerprint density at radius 3 is 1.79 bits per heavy atom. The van der Waals surface area contributed by atoms with Crippen LogP contribution in [-0.4, -0.2) is 45.6 Å². The zero-order chi connectivity index (χ0) is 28.8. The average Bonchev–Trinajstić information content (AvgIpc) is 2.90. The van der Waals surface area contributed by atoms with E-state index in [4.69, 9.17) is 13.3 Å². The first-order chi connectivity index (χ1) is 18.9. The quantitative estimate of drug-likeness (QED) is 0.0747. The molecule has 0 aliphatic rings. The Labute approximate surface area is 238 Å². The van der Waals surface area contributed by atoms with Crippen molar-refractivity contribution in [1.82, 2.24) is 0 Å². The minimum absolute atomic E-state index is 0.0294. The monoisotopic (exact) mass is 563 g/mol. The lowest BCUT2D eigenvalue weighted by atomic mass is 10.0. The number of carboxylic acid groups (broad SMARTS) is 1. The summed E-state index contributed by atoms with van der Waals surface area (Å²) in [6.45, 7) is 9.82. The molecule has 0 aliphatic carbocycles. The van der Waals surface area contributed by atoms with E-state index < -0.39 is 14.8 Å². The first-order valence-corrected chi connectivity index (χ1v) is 17.1. The van der Waals surface area contributed by atoms with E-state index in [0.29, 0.717) is 38.2 Å². The Balaban J connectivity index is 2.45. The van der Waals surface area contributed by atoms with Crippen LogP contribution in [0.5, 0.6) is 0 Å². The van der Waals surface area contributed by atoms with Crippen molar-refractivity contribution in [3.63, 3.8) is 0 Å². The molecule has 0 unspecified atom stereocenters. The number of benzene rings is 1. The number of unbranched alkanes of at least 4 members (excludes halogenated alkanes) is 9. The number of anilines is 1. The number of hydrogen-bond donors (Lipinski definition) is 2. The summed E-state index contributed by atoms with van der Waals surface area (Å²) in [6, 6.07) is 8.15. The predicted octanol–water partition coefficient (Wildman–Crippen LogP) is 8.23. The SMILES string of the molecule is CCCCCCCCCC(=O)Nc1ccc(/C=C(\CCCCCC[Si](OCC)(OCC)OCC)C(=O)O)cc1. The molecule has 0 radical (unpaired) electrons. The van der Waals surface area contributed by atoms with Gasteiger partial charge in [-0.1, -0.05) is 70.4 Å². The van der Waals surface area contributed by atoms with E-state index >= 15 is 0 Å². The van der Waals surface area contributed by atoms with Gasteiger partial charge in [0.2, 0.25) is 5.91 Å². The van der Waals surface area contributed by atoms with Crippen LogP contribution in [0.4, 0.5) is 5.69 Å². The van der Waals surface area contributed by atoms with Crippen molar-refractivity contribution in [3.05, 3.63) is 35.4 Å². The van der Waals surface area contributed by atoms with E-state index in [1.54, 1.807) is 6.08 Å². The van der Waals surface area contributed by atoms with Crippen molar-refractivity contribution < 1.29 is 28.0 Å². The van der Waals surface area contributed by atoms with Crippen LogP contribution in [0.3, 0.4) is 0 Å². The average molecular weight is 564 g/mol. The van der Waals surface area contributed by atoms with Crippen molar-refractivity contribution >= 4 is 32.4 Å². The summed E-state index contributed by atoms with van der Waals surface area (Å²) in [7, 11) is -2.61. The van der Waals surface area contributed by atoms with Crippen LogP contribution in [-0.2, 0) is 22.9 Å². The van der Waals surface area contributed by atoms with E-state index in [-0.39, 0.29) is 5.91 Å². The highest BCUT2D eigenvalue weighted by Crippen LogP contribution is 2.22. The molecular weight excluding hydrogens is 510 g/mol. The summed E-state index contributed by atoms with van der Waals surface area (Å²) in [5.74, 6) is -0.862. The van der Waals surface area contributed by atoms with Gasteiger partial charge in [-0.3, -0.25) is 4.79 Å². The van der Waals surface area contributed by atoms with Gasteiger partial charge in [-0.15, -0.1) is 0 Å². The second-order valence-corrected chi connectivity index (χ2v) is 12.6. The van der Waals surface area contributed by atoms with Gasteiger partial charge in [-0.2, -0.15) is 0 Å². The minimum Gasteiger partial charge on any atom is -0.478 e. The van der Waals surface area contributed by atoms with Crippen LogP contribution >= 0.6 is 0 Å². The Morgan fingerprint density at radius 1 is 0.744 bits per heavy atom. The molecule has 0 atom stereocenters. The van der Waals surface area contributed by atoms with E-state index in [1.807, 2.05) is 45.0 Å². The first-order valence-electron chi connectivity index (χ1n) is 15.1. The van der Waals surface area contributed by atoms with Gasteiger partial charge in [0.15, 0.2) is 0 Å². The molecule has 1 aromatic carbocycles. The number of hydrogen-bond acceptors (Lipinski definition) is 5. The topological polar surface area (TPSA) is 94.1 Å². The number of carbonyl (C=O) groups is 2. The van der Waals surface area contributed by atoms with Crippen molar-refractivity contribution in [2.45, 2.75) is 117 Å². The van der Waals surface area contributed by atoms with Crippen LogP contribution in [0.25, 0.3) is 6.08 Å². The molecule has 0 saturated heterocycles. The van der Waals surface area contributed by atoms with Crippen LogP contribution in [0.1, 0.15) is 117 Å². The van der Waals surface area contributed by atoms with E-state index in [9.17, 15) is 14.7 Å². The molecule has 222 valence electrons. The van der Waals surface area contributed by atoms with Gasteiger partial charge in [-0.05, 0) is 70.2 Å². The van der Waals surface area contributed by atoms with E-state index in [0.717, 1.165) is 55.8 Å². The molecule has 0 bridgehead atoms. The molecule has 0 aromatic heterocycles. The third-order valence-electron chi connectivity index (χ3n) is 6.59. The lowest BCUT2D eigenvalue weighted by Crippen LogP contribution is -2.45. The third kappa shape index (κ3) is 16.0. The van der Waals surface area contributed by atoms with Crippen molar-refractivity contribution in [3.8, 4) is 0 Å². The zero-order valence-electron chi connectivity index (χ0n) is 24.9. The van der Waals surface area contributed by atoms with Gasteiger partial charge in [0.1, 0.15) is 0 Å². The number of aliphatic carboxylic acids is 1. The molecule has 39 heavy (non-hydrogen) atoms. The fourth-order valence-electron chi connectivity index (χ4n) is 4.58. The van der Waals surface area contributed by atoms with Gasteiger partial charge in [0.05, 0.1) is 0 Å². The van der Waals surface area contributed by atoms with Crippen LogP contribution in [0.15, 0.2) is 29.8 Å². The standard InChI is InChI=1S/C31H53NO6Si/c1-5-9-10-11-12-13-17-20-30(33)32-29-23-21-27(22-24-29)26-28(31(34)35)19-16-14-15-18-25-39(36-6-2,37-7-3)38-8-4/h21-24,26H,5-20,25H2,1-4H3,(H,32,33)(H,34,35)/b28-26+. The molecule has 0 heterocycles. The number of amides is 1. The maximum absolute atomic E-state index is 12.2. The van der Waals surface area contributed by atoms with Gasteiger partial charge in [0, 0.05) is 43.5 Å². The molecule has 1 aromatic rings. The lowest BCUT2D eigenvalue weighted by Gasteiger charge is -2.28. The number of carboxylic acids is 1. The van der Waals surface area contributed by atoms with Gasteiger partial charge >= 0.3 is 14.8 Å². The predicted molar refractivity (Wildman–Crippen MR) is 162 cm³/mol. The minimum atomic E-state index is -2.61. The zero-order valence-corrected chi connectivity index (χ0v) is 25.9. The van der Waals surface area contributed by atoms with Gasteiger partial charge in [0.25, 0.3) is 0 Å². The lowest BCUT2D eigenvalue weighted by molar-refractivity contribution is -0.132. The van der Waals surface area contributed by atoms with Crippen LogP contribution < -0.4 is 5.32 Å². The number of carbonyl (C=O) groups excluding carboxylic acids is 1. The fourth-order valence-corrected chi connectivity index (χ4v) is 7.27. The largest absolute Gasteiger partial charge is 0.500 e. The molecule has 1 rings (SSSR count). The second-order valence-electron chi connectivity index (χ2n) is 9.91. The van der Waals surface area contributed by atoms with Crippen molar-refractivity contribution in [2.24, 2.45) is 0 Å².